The van der Waals surface area contributed by atoms with Crippen LogP contribution in [0.1, 0.15) is 0 Å². The Morgan fingerprint density at radius 1 is 1.38 bits per heavy atom. The number of oxazole rings is 1. The van der Waals surface area contributed by atoms with Crippen LogP contribution >= 0.6 is 27.5 Å². The summed E-state index contributed by atoms with van der Waals surface area (Å²) in [6.07, 6.45) is 3.02. The molecular weight excluding hydrogens is 253 g/mol. The molecule has 13 heavy (non-hydrogen) atoms. The molecule has 0 unspecified atom stereocenters. The highest BCUT2D eigenvalue weighted by atomic mass is 79.9. The molecule has 0 spiro atoms. The van der Waals surface area contributed by atoms with Gasteiger partial charge in [0.15, 0.2) is 12.2 Å². The molecule has 1 aromatic heterocycles. The third-order valence-corrected chi connectivity index (χ3v) is 2.43. The number of benzene rings is 1. The molecule has 1 heterocycles. The molecule has 1 aromatic carbocycles. The first kappa shape index (κ1) is 8.78. The van der Waals surface area contributed by atoms with E-state index in [4.69, 9.17) is 16.0 Å². The molecule has 0 fully saturated rings. The first-order valence-corrected chi connectivity index (χ1v) is 4.78. The molecule has 0 N–H and O–H groups in total. The monoisotopic (exact) mass is 257 g/mol. The van der Waals surface area contributed by atoms with Crippen molar-refractivity contribution >= 4 is 27.5 Å². The SMILES string of the molecule is Clc1cc(Br)ccc1-c1cnco1. The lowest BCUT2D eigenvalue weighted by molar-refractivity contribution is 0.572. The van der Waals surface area contributed by atoms with Crippen LogP contribution in [0.2, 0.25) is 5.02 Å². The van der Waals surface area contributed by atoms with Gasteiger partial charge in [0.25, 0.3) is 0 Å². The quantitative estimate of drug-likeness (QED) is 0.778. The van der Waals surface area contributed by atoms with Gasteiger partial charge in [-0.05, 0) is 18.2 Å². The zero-order valence-electron chi connectivity index (χ0n) is 6.50. The summed E-state index contributed by atoms with van der Waals surface area (Å²) in [5, 5.41) is 0.645. The molecule has 0 aliphatic carbocycles. The van der Waals surface area contributed by atoms with E-state index in [1.54, 1.807) is 6.20 Å². The number of aromatic nitrogens is 1. The Bertz CT molecular complexity index is 414. The minimum atomic E-state index is 0.645. The van der Waals surface area contributed by atoms with Gasteiger partial charge >= 0.3 is 0 Å². The topological polar surface area (TPSA) is 26.0 Å². The summed E-state index contributed by atoms with van der Waals surface area (Å²) in [6.45, 7) is 0. The largest absolute Gasteiger partial charge is 0.443 e. The van der Waals surface area contributed by atoms with Gasteiger partial charge in [0.2, 0.25) is 0 Å². The molecule has 0 saturated heterocycles. The average Bonchev–Trinajstić information content (AvgIpc) is 2.56. The minimum Gasteiger partial charge on any atom is -0.443 e. The van der Waals surface area contributed by atoms with Crippen molar-refractivity contribution in [3.63, 3.8) is 0 Å². The van der Waals surface area contributed by atoms with Gasteiger partial charge in [0.05, 0.1) is 11.2 Å². The van der Waals surface area contributed by atoms with Crippen LogP contribution in [0.4, 0.5) is 0 Å². The van der Waals surface area contributed by atoms with Gasteiger partial charge in [-0.1, -0.05) is 27.5 Å². The smallest absolute Gasteiger partial charge is 0.181 e. The highest BCUT2D eigenvalue weighted by molar-refractivity contribution is 9.10. The molecule has 0 amide bonds. The second kappa shape index (κ2) is 3.52. The van der Waals surface area contributed by atoms with Crippen LogP contribution in [0.15, 0.2) is 39.7 Å². The summed E-state index contributed by atoms with van der Waals surface area (Å²) in [5.41, 5.74) is 0.849. The first-order valence-electron chi connectivity index (χ1n) is 3.61. The van der Waals surface area contributed by atoms with Crippen molar-refractivity contribution in [2.75, 3.05) is 0 Å². The summed E-state index contributed by atoms with van der Waals surface area (Å²) in [7, 11) is 0. The van der Waals surface area contributed by atoms with E-state index >= 15 is 0 Å². The summed E-state index contributed by atoms with van der Waals surface area (Å²) >= 11 is 9.33. The summed E-state index contributed by atoms with van der Waals surface area (Å²) in [4.78, 5) is 3.83. The van der Waals surface area contributed by atoms with Crippen molar-refractivity contribution in [3.8, 4) is 11.3 Å². The van der Waals surface area contributed by atoms with E-state index in [0.29, 0.717) is 10.8 Å². The zero-order chi connectivity index (χ0) is 9.26. The van der Waals surface area contributed by atoms with Crippen LogP contribution in [0.25, 0.3) is 11.3 Å². The van der Waals surface area contributed by atoms with Gasteiger partial charge in [-0.25, -0.2) is 4.98 Å². The Hall–Kier alpha value is -0.800. The molecule has 2 aromatic rings. The molecule has 66 valence electrons. The fourth-order valence-electron chi connectivity index (χ4n) is 1.04. The third-order valence-electron chi connectivity index (χ3n) is 1.63. The maximum atomic E-state index is 6.00. The highest BCUT2D eigenvalue weighted by Gasteiger charge is 2.06. The minimum absolute atomic E-state index is 0.645. The van der Waals surface area contributed by atoms with E-state index in [-0.39, 0.29) is 0 Å². The number of nitrogens with zero attached hydrogens (tertiary/aromatic N) is 1. The molecular formula is C9H5BrClNO. The standard InChI is InChI=1S/C9H5BrClNO/c10-6-1-2-7(8(11)3-6)9-4-12-5-13-9/h1-5H. The van der Waals surface area contributed by atoms with Crippen molar-refractivity contribution in [2.45, 2.75) is 0 Å². The Balaban J connectivity index is 2.53. The fraction of sp³-hybridized carbons (Fsp3) is 0. The fourth-order valence-corrected chi connectivity index (χ4v) is 1.80. The summed E-state index contributed by atoms with van der Waals surface area (Å²) < 4.78 is 6.07. The van der Waals surface area contributed by atoms with Crippen molar-refractivity contribution in [3.05, 3.63) is 40.3 Å². The van der Waals surface area contributed by atoms with Crippen LogP contribution in [-0.4, -0.2) is 4.98 Å². The van der Waals surface area contributed by atoms with Crippen molar-refractivity contribution in [2.24, 2.45) is 0 Å². The first-order chi connectivity index (χ1) is 6.27. The number of hydrogen-bond acceptors (Lipinski definition) is 2. The molecule has 2 nitrogen and oxygen atoms in total. The summed E-state index contributed by atoms with van der Waals surface area (Å²) in [6, 6.07) is 5.61. The van der Waals surface area contributed by atoms with Crippen molar-refractivity contribution < 1.29 is 4.42 Å². The zero-order valence-corrected chi connectivity index (χ0v) is 8.84. The van der Waals surface area contributed by atoms with Crippen LogP contribution in [0.3, 0.4) is 0 Å². The lowest BCUT2D eigenvalue weighted by Gasteiger charge is -1.99. The van der Waals surface area contributed by atoms with Crippen molar-refractivity contribution in [1.82, 2.24) is 4.98 Å². The molecule has 0 aliphatic heterocycles. The van der Waals surface area contributed by atoms with E-state index < -0.39 is 0 Å². The van der Waals surface area contributed by atoms with E-state index in [0.717, 1.165) is 10.0 Å². The normalized spacial score (nSPS) is 10.3. The van der Waals surface area contributed by atoms with Crippen LogP contribution in [0, 0.1) is 0 Å². The van der Waals surface area contributed by atoms with Crippen LogP contribution < -0.4 is 0 Å². The van der Waals surface area contributed by atoms with Gasteiger partial charge < -0.3 is 4.42 Å². The molecule has 0 atom stereocenters. The number of halogens is 2. The van der Waals surface area contributed by atoms with Gasteiger partial charge in [0.1, 0.15) is 0 Å². The predicted octanol–water partition coefficient (Wildman–Crippen LogP) is 3.76. The maximum Gasteiger partial charge on any atom is 0.181 e. The van der Waals surface area contributed by atoms with E-state index in [1.165, 1.54) is 6.39 Å². The predicted molar refractivity (Wildman–Crippen MR) is 54.6 cm³/mol. The number of rotatable bonds is 1. The van der Waals surface area contributed by atoms with Gasteiger partial charge in [0, 0.05) is 10.0 Å². The lowest BCUT2D eigenvalue weighted by Crippen LogP contribution is -1.76. The molecule has 0 saturated carbocycles. The van der Waals surface area contributed by atoms with E-state index in [9.17, 15) is 0 Å². The average molecular weight is 259 g/mol. The van der Waals surface area contributed by atoms with Crippen molar-refractivity contribution in [1.29, 1.82) is 0 Å². The van der Waals surface area contributed by atoms with Crippen LogP contribution in [-0.2, 0) is 0 Å². The molecule has 0 radical (unpaired) electrons. The lowest BCUT2D eigenvalue weighted by atomic mass is 10.2. The molecule has 0 bridgehead atoms. The second-order valence-electron chi connectivity index (χ2n) is 2.49. The third kappa shape index (κ3) is 1.76. The molecule has 2 rings (SSSR count). The van der Waals surface area contributed by atoms with Gasteiger partial charge in [-0.3, -0.25) is 0 Å². The van der Waals surface area contributed by atoms with Gasteiger partial charge in [-0.15, -0.1) is 0 Å². The maximum absolute atomic E-state index is 6.00. The number of hydrogen-bond donors (Lipinski definition) is 0. The van der Waals surface area contributed by atoms with E-state index in [2.05, 4.69) is 20.9 Å². The second-order valence-corrected chi connectivity index (χ2v) is 3.81. The Morgan fingerprint density at radius 2 is 2.23 bits per heavy atom. The Labute approximate surface area is 88.7 Å². The highest BCUT2D eigenvalue weighted by Crippen LogP contribution is 2.29. The molecule has 4 heteroatoms. The Kier molecular flexibility index (Phi) is 2.38. The van der Waals surface area contributed by atoms with Gasteiger partial charge in [-0.2, -0.15) is 0 Å². The Morgan fingerprint density at radius 3 is 2.85 bits per heavy atom. The van der Waals surface area contributed by atoms with Crippen LogP contribution in [0.5, 0.6) is 0 Å². The van der Waals surface area contributed by atoms with E-state index in [1.807, 2.05) is 18.2 Å². The summed E-state index contributed by atoms with van der Waals surface area (Å²) in [5.74, 6) is 0.678. The molecule has 0 aliphatic rings.